The minimum Gasteiger partial charge on any atom is -0.444 e. The first-order valence-corrected chi connectivity index (χ1v) is 8.15. The molecule has 10 heteroatoms. The lowest BCUT2D eigenvalue weighted by Gasteiger charge is -2.23. The first-order valence-electron chi connectivity index (χ1n) is 8.15. The van der Waals surface area contributed by atoms with Crippen molar-refractivity contribution in [1.82, 2.24) is 15.1 Å². The van der Waals surface area contributed by atoms with E-state index in [0.29, 0.717) is 25.2 Å². The number of ether oxygens (including phenoxy) is 1. The fourth-order valence-corrected chi connectivity index (χ4v) is 2.89. The number of rotatable bonds is 3. The van der Waals surface area contributed by atoms with Crippen molar-refractivity contribution in [2.45, 2.75) is 51.4 Å². The molecular formula is C15H25N5O5. The number of aliphatic hydroxyl groups is 1. The molecule has 0 aromatic carbocycles. The molecule has 2 heterocycles. The highest BCUT2D eigenvalue weighted by Gasteiger charge is 2.31. The number of nitrogens with one attached hydrogen (secondary N) is 1. The Balaban J connectivity index is 2.07. The summed E-state index contributed by atoms with van der Waals surface area (Å²) < 4.78 is 6.66. The third-order valence-corrected chi connectivity index (χ3v) is 3.84. The van der Waals surface area contributed by atoms with Crippen molar-refractivity contribution in [2.75, 3.05) is 18.0 Å². The normalized spacial score (nSPS) is 21.6. The molecule has 2 atom stereocenters. The van der Waals surface area contributed by atoms with Gasteiger partial charge in [0, 0.05) is 26.2 Å². The number of hydrogen-bond acceptors (Lipinski definition) is 7. The number of nitro groups is 1. The number of carbonyl (C=O) groups is 1. The van der Waals surface area contributed by atoms with Crippen LogP contribution in [0.15, 0.2) is 6.20 Å². The van der Waals surface area contributed by atoms with E-state index in [1.54, 1.807) is 32.7 Å². The molecule has 0 spiro atoms. The number of aromatic nitrogens is 2. The lowest BCUT2D eigenvalue weighted by atomic mass is 10.1. The van der Waals surface area contributed by atoms with Crippen molar-refractivity contribution in [3.05, 3.63) is 16.3 Å². The smallest absolute Gasteiger partial charge is 0.407 e. The highest BCUT2D eigenvalue weighted by Crippen LogP contribution is 2.29. The summed E-state index contributed by atoms with van der Waals surface area (Å²) >= 11 is 0. The molecule has 140 valence electrons. The second-order valence-corrected chi connectivity index (χ2v) is 7.20. The van der Waals surface area contributed by atoms with Gasteiger partial charge in [-0.2, -0.15) is 5.10 Å². The third-order valence-electron chi connectivity index (χ3n) is 3.84. The van der Waals surface area contributed by atoms with Gasteiger partial charge in [0.2, 0.25) is 5.82 Å². The number of aryl methyl sites for hydroxylation is 1. The Morgan fingerprint density at radius 1 is 1.52 bits per heavy atom. The lowest BCUT2D eigenvalue weighted by molar-refractivity contribution is -0.384. The fourth-order valence-electron chi connectivity index (χ4n) is 2.89. The van der Waals surface area contributed by atoms with Gasteiger partial charge in [0.25, 0.3) is 0 Å². The number of anilines is 1. The zero-order valence-corrected chi connectivity index (χ0v) is 14.9. The topological polar surface area (TPSA) is 123 Å². The molecule has 2 rings (SSSR count). The fraction of sp³-hybridized carbons (Fsp3) is 0.733. The van der Waals surface area contributed by atoms with Crippen LogP contribution < -0.4 is 10.2 Å². The van der Waals surface area contributed by atoms with Crippen LogP contribution in [-0.2, 0) is 11.8 Å². The molecule has 0 bridgehead atoms. The Morgan fingerprint density at radius 3 is 2.80 bits per heavy atom. The molecule has 1 aliphatic heterocycles. The molecule has 1 saturated heterocycles. The molecule has 1 aromatic heterocycles. The maximum Gasteiger partial charge on any atom is 0.407 e. The first kappa shape index (κ1) is 19.0. The van der Waals surface area contributed by atoms with E-state index in [4.69, 9.17) is 4.74 Å². The van der Waals surface area contributed by atoms with E-state index in [1.165, 1.54) is 10.9 Å². The minimum atomic E-state index is -0.739. The maximum absolute atomic E-state index is 11.9. The minimum absolute atomic E-state index is 0.103. The largest absolute Gasteiger partial charge is 0.444 e. The molecule has 25 heavy (non-hydrogen) atoms. The van der Waals surface area contributed by atoms with Gasteiger partial charge < -0.3 is 20.1 Å². The monoisotopic (exact) mass is 355 g/mol. The van der Waals surface area contributed by atoms with Gasteiger partial charge in [0.05, 0.1) is 11.0 Å². The summed E-state index contributed by atoms with van der Waals surface area (Å²) in [6.45, 7) is 6.00. The lowest BCUT2D eigenvalue weighted by Crippen LogP contribution is -2.40. The van der Waals surface area contributed by atoms with Crippen molar-refractivity contribution in [3.63, 3.8) is 0 Å². The number of aliphatic hydroxyl groups excluding tert-OH is 1. The summed E-state index contributed by atoms with van der Waals surface area (Å²) in [5.41, 5.74) is -0.706. The summed E-state index contributed by atoms with van der Waals surface area (Å²) in [6.07, 6.45) is 0.796. The highest BCUT2D eigenvalue weighted by atomic mass is 16.6. The van der Waals surface area contributed by atoms with Crippen LogP contribution in [0.2, 0.25) is 0 Å². The van der Waals surface area contributed by atoms with Crippen LogP contribution in [0, 0.1) is 10.1 Å². The molecule has 1 amide bonds. The molecule has 1 aliphatic rings. The number of carbonyl (C=O) groups excluding carboxylic acids is 1. The van der Waals surface area contributed by atoms with Gasteiger partial charge in [0.15, 0.2) is 0 Å². The summed E-state index contributed by atoms with van der Waals surface area (Å²) in [6, 6.07) is -0.276. The molecule has 2 N–H and O–H groups in total. The number of alkyl carbamates (subject to hydrolysis) is 1. The molecule has 0 saturated carbocycles. The van der Waals surface area contributed by atoms with E-state index in [9.17, 15) is 20.0 Å². The van der Waals surface area contributed by atoms with Crippen molar-refractivity contribution in [3.8, 4) is 0 Å². The van der Waals surface area contributed by atoms with Crippen LogP contribution in [0.5, 0.6) is 0 Å². The number of nitrogens with zero attached hydrogens (tertiary/aromatic N) is 4. The Kier molecular flexibility index (Phi) is 5.51. The predicted octanol–water partition coefficient (Wildman–Crippen LogP) is 1.18. The van der Waals surface area contributed by atoms with E-state index in [2.05, 4.69) is 10.4 Å². The molecular weight excluding hydrogens is 330 g/mol. The molecule has 0 aliphatic carbocycles. The second-order valence-electron chi connectivity index (χ2n) is 7.20. The van der Waals surface area contributed by atoms with Crippen molar-refractivity contribution < 1.29 is 19.6 Å². The van der Waals surface area contributed by atoms with Crippen LogP contribution in [-0.4, -0.2) is 56.7 Å². The average Bonchev–Trinajstić information content (AvgIpc) is 2.73. The van der Waals surface area contributed by atoms with Crippen LogP contribution >= 0.6 is 0 Å². The van der Waals surface area contributed by atoms with Gasteiger partial charge in [-0.05, 0) is 33.6 Å². The molecule has 0 radical (unpaired) electrons. The SMILES string of the molecule is Cn1ncc([N+](=O)[O-])c1N1CC[C@H](NC(=O)OC(C)(C)C)C[C@H](O)C1. The average molecular weight is 355 g/mol. The van der Waals surface area contributed by atoms with E-state index in [0.717, 1.165) is 0 Å². The second kappa shape index (κ2) is 7.26. The summed E-state index contributed by atoms with van der Waals surface area (Å²) in [5, 5.41) is 28.1. The zero-order chi connectivity index (χ0) is 18.8. The quantitative estimate of drug-likeness (QED) is 0.616. The highest BCUT2D eigenvalue weighted by molar-refractivity contribution is 5.68. The van der Waals surface area contributed by atoms with Gasteiger partial charge in [-0.25, -0.2) is 9.48 Å². The van der Waals surface area contributed by atoms with Crippen molar-refractivity contribution in [1.29, 1.82) is 0 Å². The van der Waals surface area contributed by atoms with Crippen LogP contribution in [0.1, 0.15) is 33.6 Å². The Morgan fingerprint density at radius 2 is 2.20 bits per heavy atom. The number of β-amino-alcohol motifs (C(OH)–C–C–N with tert-alkyl or cyclic N) is 1. The molecule has 1 aromatic rings. The van der Waals surface area contributed by atoms with E-state index < -0.39 is 22.7 Å². The Bertz CT molecular complexity index is 639. The van der Waals surface area contributed by atoms with Crippen molar-refractivity contribution in [2.24, 2.45) is 7.05 Å². The van der Waals surface area contributed by atoms with E-state index in [1.807, 2.05) is 0 Å². The van der Waals surface area contributed by atoms with Gasteiger partial charge in [-0.1, -0.05) is 0 Å². The number of hydrogen-bond donors (Lipinski definition) is 2. The van der Waals surface area contributed by atoms with Gasteiger partial charge in [0.1, 0.15) is 11.8 Å². The molecule has 1 fully saturated rings. The van der Waals surface area contributed by atoms with Gasteiger partial charge >= 0.3 is 11.8 Å². The first-order chi connectivity index (χ1) is 11.6. The Labute approximate surface area is 145 Å². The van der Waals surface area contributed by atoms with Gasteiger partial charge in [-0.15, -0.1) is 0 Å². The standard InChI is InChI=1S/C15H25N5O5/c1-15(2,3)25-14(22)17-10-5-6-19(9-11(21)7-10)13-12(20(23)24)8-16-18(13)4/h8,10-11,21H,5-7,9H2,1-4H3,(H,17,22)/t10-,11-/m0/s1. The summed E-state index contributed by atoms with van der Waals surface area (Å²) in [4.78, 5) is 24.3. The van der Waals surface area contributed by atoms with Crippen molar-refractivity contribution >= 4 is 17.6 Å². The predicted molar refractivity (Wildman–Crippen MR) is 90.5 cm³/mol. The number of amides is 1. The van der Waals surface area contributed by atoms with Crippen LogP contribution in [0.3, 0.4) is 0 Å². The summed E-state index contributed by atoms with van der Waals surface area (Å²) in [5.74, 6) is 0.349. The van der Waals surface area contributed by atoms with Crippen LogP contribution in [0.4, 0.5) is 16.3 Å². The Hall–Kier alpha value is -2.36. The van der Waals surface area contributed by atoms with E-state index in [-0.39, 0.29) is 18.3 Å². The third kappa shape index (κ3) is 5.05. The zero-order valence-electron chi connectivity index (χ0n) is 14.9. The summed E-state index contributed by atoms with van der Waals surface area (Å²) in [7, 11) is 1.62. The van der Waals surface area contributed by atoms with Gasteiger partial charge in [-0.3, -0.25) is 10.1 Å². The van der Waals surface area contributed by atoms with E-state index >= 15 is 0 Å². The van der Waals surface area contributed by atoms with Crippen LogP contribution in [0.25, 0.3) is 0 Å². The molecule has 0 unspecified atom stereocenters. The maximum atomic E-state index is 11.9. The molecule has 10 nitrogen and oxygen atoms in total.